The molecule has 118 valence electrons. The maximum absolute atomic E-state index is 5.84. The minimum Gasteiger partial charge on any atom is -0.481 e. The minimum absolute atomic E-state index is 0.412. The lowest BCUT2D eigenvalue weighted by molar-refractivity contribution is 0.363. The fourth-order valence-corrected chi connectivity index (χ4v) is 2.31. The van der Waals surface area contributed by atoms with Crippen molar-refractivity contribution in [2.24, 2.45) is 0 Å². The van der Waals surface area contributed by atoms with Gasteiger partial charge in [-0.3, -0.25) is 4.57 Å². The van der Waals surface area contributed by atoms with E-state index in [9.17, 15) is 0 Å². The molecule has 8 heteroatoms. The summed E-state index contributed by atoms with van der Waals surface area (Å²) in [6, 6.07) is 7.13. The maximum atomic E-state index is 5.84. The Morgan fingerprint density at radius 3 is 2.52 bits per heavy atom. The number of nitrogens with zero attached hydrogens (tertiary/aromatic N) is 5. The number of hydrogen-bond acceptors (Lipinski definition) is 6. The van der Waals surface area contributed by atoms with E-state index in [2.05, 4.69) is 20.2 Å². The maximum Gasteiger partial charge on any atom is 0.241 e. The molecule has 3 aromatic heterocycles. The molecule has 7 nitrogen and oxygen atoms in total. The van der Waals surface area contributed by atoms with Gasteiger partial charge in [-0.05, 0) is 25.1 Å². The lowest BCUT2D eigenvalue weighted by Gasteiger charge is -2.13. The van der Waals surface area contributed by atoms with Gasteiger partial charge < -0.3 is 9.47 Å². The molecule has 0 aliphatic carbocycles. The van der Waals surface area contributed by atoms with Crippen LogP contribution in [0.2, 0.25) is 5.15 Å². The Labute approximate surface area is 137 Å². The third-order valence-electron chi connectivity index (χ3n) is 3.27. The van der Waals surface area contributed by atoms with Crippen molar-refractivity contribution in [3.8, 4) is 28.8 Å². The van der Waals surface area contributed by atoms with Gasteiger partial charge >= 0.3 is 0 Å². The van der Waals surface area contributed by atoms with E-state index in [1.54, 1.807) is 32.5 Å². The molecule has 0 bridgehead atoms. The van der Waals surface area contributed by atoms with Crippen molar-refractivity contribution in [1.29, 1.82) is 0 Å². The van der Waals surface area contributed by atoms with Gasteiger partial charge in [-0.2, -0.15) is 4.98 Å². The standard InChI is InChI=1S/C15H14ClN5O2/c1-9-19-20-14(10-4-6-12(16)17-8-10)21(9)11-5-7-13(22-2)18-15(11)23-3/h4-8H,1-3H3. The Bertz CT molecular complexity index is 832. The van der Waals surface area contributed by atoms with E-state index in [-0.39, 0.29) is 0 Å². The molecule has 0 atom stereocenters. The van der Waals surface area contributed by atoms with Crippen LogP contribution < -0.4 is 9.47 Å². The van der Waals surface area contributed by atoms with E-state index in [0.29, 0.717) is 34.2 Å². The van der Waals surface area contributed by atoms with E-state index < -0.39 is 0 Å². The van der Waals surface area contributed by atoms with Crippen LogP contribution in [0.3, 0.4) is 0 Å². The number of halogens is 1. The average molecular weight is 332 g/mol. The highest BCUT2D eigenvalue weighted by molar-refractivity contribution is 6.29. The van der Waals surface area contributed by atoms with Gasteiger partial charge in [0, 0.05) is 17.8 Å². The third kappa shape index (κ3) is 2.83. The third-order valence-corrected chi connectivity index (χ3v) is 3.49. The second kappa shape index (κ2) is 6.21. The minimum atomic E-state index is 0.412. The number of ether oxygens (including phenoxy) is 2. The predicted molar refractivity (Wildman–Crippen MR) is 85.2 cm³/mol. The van der Waals surface area contributed by atoms with Crippen LogP contribution in [-0.2, 0) is 0 Å². The Hall–Kier alpha value is -2.67. The number of pyridine rings is 2. The second-order valence-electron chi connectivity index (χ2n) is 4.66. The lowest BCUT2D eigenvalue weighted by atomic mass is 10.2. The number of rotatable bonds is 4. The van der Waals surface area contributed by atoms with E-state index in [1.807, 2.05) is 23.6 Å². The Morgan fingerprint density at radius 1 is 1.04 bits per heavy atom. The van der Waals surface area contributed by atoms with Gasteiger partial charge in [0.15, 0.2) is 5.82 Å². The first-order valence-electron chi connectivity index (χ1n) is 6.77. The summed E-state index contributed by atoms with van der Waals surface area (Å²) >= 11 is 5.84. The lowest BCUT2D eigenvalue weighted by Crippen LogP contribution is -2.05. The number of methoxy groups -OCH3 is 2. The van der Waals surface area contributed by atoms with E-state index in [0.717, 1.165) is 5.56 Å². The smallest absolute Gasteiger partial charge is 0.241 e. The molecule has 0 unspecified atom stereocenters. The van der Waals surface area contributed by atoms with E-state index in [4.69, 9.17) is 21.1 Å². The van der Waals surface area contributed by atoms with Crippen LogP contribution in [-0.4, -0.2) is 39.0 Å². The molecule has 0 aliphatic rings. The van der Waals surface area contributed by atoms with Crippen molar-refractivity contribution in [3.63, 3.8) is 0 Å². The molecular formula is C15H14ClN5O2. The first-order valence-corrected chi connectivity index (χ1v) is 7.15. The second-order valence-corrected chi connectivity index (χ2v) is 5.05. The first-order chi connectivity index (χ1) is 11.1. The zero-order chi connectivity index (χ0) is 16.4. The van der Waals surface area contributed by atoms with Crippen molar-refractivity contribution in [1.82, 2.24) is 24.7 Å². The van der Waals surface area contributed by atoms with Crippen LogP contribution in [0.15, 0.2) is 30.5 Å². The number of aromatic nitrogens is 5. The van der Waals surface area contributed by atoms with Crippen LogP contribution in [0, 0.1) is 6.92 Å². The van der Waals surface area contributed by atoms with Crippen LogP contribution in [0.5, 0.6) is 11.8 Å². The molecule has 0 N–H and O–H groups in total. The van der Waals surface area contributed by atoms with Gasteiger partial charge in [-0.25, -0.2) is 4.98 Å². The highest BCUT2D eigenvalue weighted by Gasteiger charge is 2.18. The van der Waals surface area contributed by atoms with Crippen molar-refractivity contribution >= 4 is 11.6 Å². The topological polar surface area (TPSA) is 75.0 Å². The molecule has 0 aliphatic heterocycles. The molecule has 0 saturated heterocycles. The van der Waals surface area contributed by atoms with Gasteiger partial charge in [0.25, 0.3) is 0 Å². The first kappa shape index (κ1) is 15.2. The summed E-state index contributed by atoms with van der Waals surface area (Å²) in [5, 5.41) is 8.79. The summed E-state index contributed by atoms with van der Waals surface area (Å²) in [5.74, 6) is 2.19. The molecule has 0 saturated carbocycles. The van der Waals surface area contributed by atoms with Crippen LogP contribution in [0.25, 0.3) is 17.1 Å². The molecule has 3 heterocycles. The molecule has 0 amide bonds. The highest BCUT2D eigenvalue weighted by Crippen LogP contribution is 2.29. The SMILES string of the molecule is COc1ccc(-n2c(C)nnc2-c2ccc(Cl)nc2)c(OC)n1. The van der Waals surface area contributed by atoms with Gasteiger partial charge in [0.05, 0.1) is 14.2 Å². The van der Waals surface area contributed by atoms with Gasteiger partial charge in [-0.15, -0.1) is 10.2 Å². The summed E-state index contributed by atoms with van der Waals surface area (Å²) in [6.07, 6.45) is 1.64. The fourth-order valence-electron chi connectivity index (χ4n) is 2.20. The zero-order valence-corrected chi connectivity index (χ0v) is 13.6. The molecular weight excluding hydrogens is 318 g/mol. The summed E-state index contributed by atoms with van der Waals surface area (Å²) < 4.78 is 12.3. The van der Waals surface area contributed by atoms with E-state index in [1.165, 1.54) is 0 Å². The van der Waals surface area contributed by atoms with Gasteiger partial charge in [-0.1, -0.05) is 11.6 Å². The van der Waals surface area contributed by atoms with Crippen LogP contribution in [0.4, 0.5) is 0 Å². The number of hydrogen-bond donors (Lipinski definition) is 0. The Morgan fingerprint density at radius 2 is 1.87 bits per heavy atom. The Balaban J connectivity index is 2.17. The van der Waals surface area contributed by atoms with Gasteiger partial charge in [0.1, 0.15) is 16.7 Å². The normalized spacial score (nSPS) is 10.6. The van der Waals surface area contributed by atoms with Crippen molar-refractivity contribution < 1.29 is 9.47 Å². The largest absolute Gasteiger partial charge is 0.481 e. The highest BCUT2D eigenvalue weighted by atomic mass is 35.5. The molecule has 0 spiro atoms. The summed E-state index contributed by atoms with van der Waals surface area (Å²) in [6.45, 7) is 1.85. The quantitative estimate of drug-likeness (QED) is 0.684. The molecule has 23 heavy (non-hydrogen) atoms. The molecule has 0 fully saturated rings. The number of aryl methyl sites for hydroxylation is 1. The van der Waals surface area contributed by atoms with Crippen molar-refractivity contribution in [3.05, 3.63) is 41.4 Å². The zero-order valence-electron chi connectivity index (χ0n) is 12.8. The van der Waals surface area contributed by atoms with Crippen molar-refractivity contribution in [2.45, 2.75) is 6.92 Å². The molecule has 3 rings (SSSR count). The summed E-state index contributed by atoms with van der Waals surface area (Å²) in [7, 11) is 3.10. The fraction of sp³-hybridized carbons (Fsp3) is 0.200. The van der Waals surface area contributed by atoms with E-state index >= 15 is 0 Å². The predicted octanol–water partition coefficient (Wildman–Crippen LogP) is 2.70. The Kier molecular flexibility index (Phi) is 4.12. The summed E-state index contributed by atoms with van der Waals surface area (Å²) in [5.41, 5.74) is 1.49. The summed E-state index contributed by atoms with van der Waals surface area (Å²) in [4.78, 5) is 8.39. The average Bonchev–Trinajstić information content (AvgIpc) is 2.96. The monoisotopic (exact) mass is 331 g/mol. The molecule has 0 radical (unpaired) electrons. The van der Waals surface area contributed by atoms with Gasteiger partial charge in [0.2, 0.25) is 11.8 Å². The molecule has 0 aromatic carbocycles. The molecule has 3 aromatic rings. The van der Waals surface area contributed by atoms with Crippen LogP contribution in [0.1, 0.15) is 5.82 Å². The van der Waals surface area contributed by atoms with Crippen LogP contribution >= 0.6 is 11.6 Å². The van der Waals surface area contributed by atoms with Crippen molar-refractivity contribution in [2.75, 3.05) is 14.2 Å².